The first-order chi connectivity index (χ1) is 10.6. The molecule has 0 spiro atoms. The average Bonchev–Trinajstić information content (AvgIpc) is 2.99. The fraction of sp³-hybridized carbons (Fsp3) is 0.375. The smallest absolute Gasteiger partial charge is 0.272 e. The molecule has 1 aromatic carbocycles. The van der Waals surface area contributed by atoms with Crippen molar-refractivity contribution in [2.45, 2.75) is 31.8 Å². The highest BCUT2D eigenvalue weighted by molar-refractivity contribution is 6.30. The van der Waals surface area contributed by atoms with Crippen molar-refractivity contribution in [3.8, 4) is 5.69 Å². The summed E-state index contributed by atoms with van der Waals surface area (Å²) >= 11 is 5.98. The number of carbonyl (C=O) groups is 1. The van der Waals surface area contributed by atoms with Gasteiger partial charge in [-0.3, -0.25) is 4.79 Å². The van der Waals surface area contributed by atoms with Gasteiger partial charge in [-0.15, -0.1) is 12.4 Å². The number of rotatable bonds is 3. The summed E-state index contributed by atoms with van der Waals surface area (Å²) in [6.45, 7) is 3.10. The van der Waals surface area contributed by atoms with E-state index in [1.807, 2.05) is 18.2 Å². The summed E-state index contributed by atoms with van der Waals surface area (Å²) in [5.41, 5.74) is 1.25. The monoisotopic (exact) mass is 354 g/mol. The molecule has 7 heteroatoms. The van der Waals surface area contributed by atoms with E-state index in [2.05, 4.69) is 22.7 Å². The number of nitrogens with one attached hydrogen (secondary N) is 2. The number of hydrogen-bond donors (Lipinski definition) is 2. The third kappa shape index (κ3) is 4.25. The number of carbonyl (C=O) groups excluding carboxylic acids is 1. The number of nitrogens with zero attached hydrogens (tertiary/aromatic N) is 2. The highest BCUT2D eigenvalue weighted by Crippen LogP contribution is 2.15. The van der Waals surface area contributed by atoms with Crippen LogP contribution in [-0.2, 0) is 0 Å². The zero-order chi connectivity index (χ0) is 15.5. The lowest BCUT2D eigenvalue weighted by atomic mass is 10.00. The Bertz CT molecular complexity index is 674. The second-order valence-electron chi connectivity index (χ2n) is 5.59. The van der Waals surface area contributed by atoms with Crippen molar-refractivity contribution < 1.29 is 4.79 Å². The van der Waals surface area contributed by atoms with Crippen LogP contribution in [0.4, 0.5) is 0 Å². The summed E-state index contributed by atoms with van der Waals surface area (Å²) in [6.07, 6.45) is 3.84. The van der Waals surface area contributed by atoms with Gasteiger partial charge in [0.2, 0.25) is 0 Å². The molecule has 1 saturated heterocycles. The lowest BCUT2D eigenvalue weighted by Crippen LogP contribution is -2.52. The molecule has 3 rings (SSSR count). The Morgan fingerprint density at radius 2 is 2.26 bits per heavy atom. The molecule has 1 aliphatic rings. The summed E-state index contributed by atoms with van der Waals surface area (Å²) in [5, 5.41) is 11.4. The molecule has 0 saturated carbocycles. The fourth-order valence-corrected chi connectivity index (χ4v) is 2.88. The largest absolute Gasteiger partial charge is 0.346 e. The lowest BCUT2D eigenvalue weighted by Gasteiger charge is -2.30. The van der Waals surface area contributed by atoms with Crippen LogP contribution in [0.2, 0.25) is 5.02 Å². The molecule has 23 heavy (non-hydrogen) atoms. The highest BCUT2D eigenvalue weighted by Gasteiger charge is 2.23. The Kier molecular flexibility index (Phi) is 6.04. The van der Waals surface area contributed by atoms with E-state index in [0.717, 1.165) is 25.1 Å². The van der Waals surface area contributed by atoms with Gasteiger partial charge in [0.05, 0.1) is 5.69 Å². The second-order valence-corrected chi connectivity index (χ2v) is 6.03. The fourth-order valence-electron chi connectivity index (χ4n) is 2.69. The predicted molar refractivity (Wildman–Crippen MR) is 93.8 cm³/mol. The third-order valence-electron chi connectivity index (χ3n) is 3.97. The van der Waals surface area contributed by atoms with Crippen LogP contribution in [0, 0.1) is 0 Å². The maximum Gasteiger partial charge on any atom is 0.272 e. The maximum absolute atomic E-state index is 12.3. The van der Waals surface area contributed by atoms with E-state index in [0.29, 0.717) is 10.7 Å². The van der Waals surface area contributed by atoms with Crippen LogP contribution in [0.25, 0.3) is 5.69 Å². The third-order valence-corrected chi connectivity index (χ3v) is 4.21. The Morgan fingerprint density at radius 1 is 1.43 bits per heavy atom. The molecule has 2 unspecified atom stereocenters. The van der Waals surface area contributed by atoms with Gasteiger partial charge in [-0.05, 0) is 50.6 Å². The van der Waals surface area contributed by atoms with Gasteiger partial charge in [-0.25, -0.2) is 4.68 Å². The topological polar surface area (TPSA) is 58.9 Å². The van der Waals surface area contributed by atoms with Crippen molar-refractivity contribution in [3.05, 3.63) is 47.2 Å². The normalized spacial score (nSPS) is 20.6. The molecule has 0 aliphatic carbocycles. The van der Waals surface area contributed by atoms with E-state index >= 15 is 0 Å². The first-order valence-corrected chi connectivity index (χ1v) is 7.87. The van der Waals surface area contributed by atoms with E-state index in [1.54, 1.807) is 23.0 Å². The highest BCUT2D eigenvalue weighted by atomic mass is 35.5. The van der Waals surface area contributed by atoms with E-state index < -0.39 is 0 Å². The van der Waals surface area contributed by atoms with Crippen LogP contribution in [0.15, 0.2) is 36.5 Å². The van der Waals surface area contributed by atoms with Crippen LogP contribution in [-0.4, -0.2) is 34.3 Å². The van der Waals surface area contributed by atoms with Crippen molar-refractivity contribution >= 4 is 29.9 Å². The Labute approximate surface area is 146 Å². The Morgan fingerprint density at radius 3 is 3.00 bits per heavy atom. The van der Waals surface area contributed by atoms with E-state index in [-0.39, 0.29) is 30.4 Å². The summed E-state index contributed by atoms with van der Waals surface area (Å²) in [4.78, 5) is 12.3. The molecular weight excluding hydrogens is 335 g/mol. The summed E-state index contributed by atoms with van der Waals surface area (Å²) in [5.74, 6) is -0.138. The number of hydrogen-bond acceptors (Lipinski definition) is 3. The summed E-state index contributed by atoms with van der Waals surface area (Å²) in [7, 11) is 0. The van der Waals surface area contributed by atoms with Gasteiger partial charge < -0.3 is 10.6 Å². The molecular formula is C16H20Cl2N4O. The minimum atomic E-state index is -0.138. The van der Waals surface area contributed by atoms with E-state index in [4.69, 9.17) is 11.6 Å². The average molecular weight is 355 g/mol. The molecule has 124 valence electrons. The first kappa shape index (κ1) is 17.8. The second kappa shape index (κ2) is 7.81. The summed E-state index contributed by atoms with van der Waals surface area (Å²) < 4.78 is 1.66. The zero-order valence-electron chi connectivity index (χ0n) is 12.8. The molecule has 0 bridgehead atoms. The standard InChI is InChI=1S/C16H19ClN4O.ClH/c1-11-14(6-3-8-18-11)19-16(22)15-7-9-21(20-15)13-5-2-4-12(17)10-13;/h2,4-5,7,9-11,14,18H,3,6,8H2,1H3,(H,19,22);1H. The number of amides is 1. The maximum atomic E-state index is 12.3. The SMILES string of the molecule is CC1NCCCC1NC(=O)c1ccn(-c2cccc(Cl)c2)n1.Cl. The molecule has 2 N–H and O–H groups in total. The number of halogens is 2. The van der Waals surface area contributed by atoms with Gasteiger partial charge in [-0.2, -0.15) is 5.10 Å². The minimum absolute atomic E-state index is 0. The van der Waals surface area contributed by atoms with Crippen molar-refractivity contribution in [1.82, 2.24) is 20.4 Å². The van der Waals surface area contributed by atoms with Gasteiger partial charge in [0.1, 0.15) is 0 Å². The summed E-state index contributed by atoms with van der Waals surface area (Å²) in [6, 6.07) is 9.52. The Balaban J connectivity index is 0.00000192. The van der Waals surface area contributed by atoms with Gasteiger partial charge >= 0.3 is 0 Å². The Hall–Kier alpha value is -1.56. The molecule has 2 atom stereocenters. The molecule has 1 aromatic heterocycles. The lowest BCUT2D eigenvalue weighted by molar-refractivity contribution is 0.0914. The van der Waals surface area contributed by atoms with Gasteiger partial charge in [-0.1, -0.05) is 17.7 Å². The molecule has 1 fully saturated rings. The minimum Gasteiger partial charge on any atom is -0.346 e. The van der Waals surface area contributed by atoms with Gasteiger partial charge in [0.25, 0.3) is 5.91 Å². The van der Waals surface area contributed by atoms with Crippen molar-refractivity contribution in [3.63, 3.8) is 0 Å². The molecule has 5 nitrogen and oxygen atoms in total. The van der Waals surface area contributed by atoms with Gasteiger partial charge in [0, 0.05) is 23.3 Å². The van der Waals surface area contributed by atoms with Crippen molar-refractivity contribution in [1.29, 1.82) is 0 Å². The van der Waals surface area contributed by atoms with Crippen molar-refractivity contribution in [2.24, 2.45) is 0 Å². The van der Waals surface area contributed by atoms with E-state index in [1.165, 1.54) is 0 Å². The molecule has 1 aliphatic heterocycles. The van der Waals surface area contributed by atoms with Crippen LogP contribution in [0.5, 0.6) is 0 Å². The van der Waals surface area contributed by atoms with Crippen molar-refractivity contribution in [2.75, 3.05) is 6.54 Å². The number of benzene rings is 1. The van der Waals surface area contributed by atoms with Gasteiger partial charge in [0.15, 0.2) is 5.69 Å². The molecule has 1 amide bonds. The molecule has 2 aromatic rings. The molecule has 0 radical (unpaired) electrons. The quantitative estimate of drug-likeness (QED) is 0.890. The van der Waals surface area contributed by atoms with Crippen LogP contribution in [0.3, 0.4) is 0 Å². The van der Waals surface area contributed by atoms with E-state index in [9.17, 15) is 4.79 Å². The first-order valence-electron chi connectivity index (χ1n) is 7.49. The van der Waals surface area contributed by atoms with Crippen LogP contribution >= 0.6 is 24.0 Å². The van der Waals surface area contributed by atoms with Crippen LogP contribution < -0.4 is 10.6 Å². The predicted octanol–water partition coefficient (Wildman–Crippen LogP) is 2.82. The number of piperidine rings is 1. The zero-order valence-corrected chi connectivity index (χ0v) is 14.4. The van der Waals surface area contributed by atoms with Crippen LogP contribution in [0.1, 0.15) is 30.3 Å². The number of aromatic nitrogens is 2. The molecule has 2 heterocycles.